The maximum absolute atomic E-state index is 11.1. The van der Waals surface area contributed by atoms with Gasteiger partial charge in [0.1, 0.15) is 12.1 Å². The second-order valence-corrected chi connectivity index (χ2v) is 4.88. The number of nitrogen functional groups attached to an aromatic ring is 1. The van der Waals surface area contributed by atoms with E-state index in [0.717, 1.165) is 45.8 Å². The molecule has 0 aromatic carbocycles. The molecule has 1 aliphatic rings. The van der Waals surface area contributed by atoms with Gasteiger partial charge in [-0.15, -0.1) is 0 Å². The number of morpholine rings is 1. The highest BCUT2D eigenvalue weighted by atomic mass is 16.5. The van der Waals surface area contributed by atoms with Crippen LogP contribution in [-0.2, 0) is 11.3 Å². The van der Waals surface area contributed by atoms with Crippen LogP contribution in [0, 0.1) is 0 Å². The molecular weight excluding hydrogens is 274 g/mol. The first kappa shape index (κ1) is 15.6. The van der Waals surface area contributed by atoms with Crippen molar-refractivity contribution in [3.63, 3.8) is 0 Å². The molecular formula is C13H21N5O3. The molecule has 1 aliphatic heterocycles. The summed E-state index contributed by atoms with van der Waals surface area (Å²) in [5, 5.41) is 12.3. The fourth-order valence-electron chi connectivity index (χ4n) is 2.25. The summed E-state index contributed by atoms with van der Waals surface area (Å²) in [7, 11) is 0. The Balaban J connectivity index is 1.74. The molecule has 8 heteroatoms. The quantitative estimate of drug-likeness (QED) is 0.581. The Labute approximate surface area is 123 Å². The van der Waals surface area contributed by atoms with Crippen molar-refractivity contribution >= 4 is 11.8 Å². The SMILES string of the molecule is Nc1ncnc(C(=O)O)c1CNCCCN1CCOCC1. The summed E-state index contributed by atoms with van der Waals surface area (Å²) < 4.78 is 5.29. The van der Waals surface area contributed by atoms with E-state index in [-0.39, 0.29) is 11.5 Å². The molecule has 1 aromatic heterocycles. The number of anilines is 1. The molecule has 0 aliphatic carbocycles. The Morgan fingerprint density at radius 1 is 1.43 bits per heavy atom. The highest BCUT2D eigenvalue weighted by Crippen LogP contribution is 2.11. The van der Waals surface area contributed by atoms with E-state index in [4.69, 9.17) is 15.6 Å². The minimum absolute atomic E-state index is 0.0387. The fourth-order valence-corrected chi connectivity index (χ4v) is 2.25. The predicted molar refractivity (Wildman–Crippen MR) is 77.0 cm³/mol. The summed E-state index contributed by atoms with van der Waals surface area (Å²) in [6, 6.07) is 0. The second kappa shape index (κ2) is 7.87. The average molecular weight is 295 g/mol. The molecule has 0 radical (unpaired) electrons. The molecule has 116 valence electrons. The minimum atomic E-state index is -1.09. The van der Waals surface area contributed by atoms with Crippen molar-refractivity contribution < 1.29 is 14.6 Å². The lowest BCUT2D eigenvalue weighted by Crippen LogP contribution is -2.37. The van der Waals surface area contributed by atoms with Gasteiger partial charge in [0.15, 0.2) is 5.69 Å². The number of rotatable bonds is 7. The highest BCUT2D eigenvalue weighted by Gasteiger charge is 2.15. The van der Waals surface area contributed by atoms with Crippen molar-refractivity contribution in [2.24, 2.45) is 0 Å². The number of nitrogens with two attached hydrogens (primary N) is 1. The van der Waals surface area contributed by atoms with E-state index in [9.17, 15) is 4.79 Å². The van der Waals surface area contributed by atoms with Gasteiger partial charge in [-0.3, -0.25) is 4.90 Å². The lowest BCUT2D eigenvalue weighted by molar-refractivity contribution is 0.0374. The van der Waals surface area contributed by atoms with Crippen LogP contribution in [0.1, 0.15) is 22.5 Å². The van der Waals surface area contributed by atoms with E-state index in [0.29, 0.717) is 12.1 Å². The molecule has 1 aromatic rings. The van der Waals surface area contributed by atoms with Gasteiger partial charge < -0.3 is 20.9 Å². The van der Waals surface area contributed by atoms with Crippen molar-refractivity contribution in [1.29, 1.82) is 0 Å². The lowest BCUT2D eigenvalue weighted by Gasteiger charge is -2.26. The number of carbonyl (C=O) groups is 1. The average Bonchev–Trinajstić information content (AvgIpc) is 2.49. The maximum Gasteiger partial charge on any atom is 0.355 e. The topological polar surface area (TPSA) is 114 Å². The summed E-state index contributed by atoms with van der Waals surface area (Å²) in [5.74, 6) is -0.878. The van der Waals surface area contributed by atoms with E-state index in [1.54, 1.807) is 0 Å². The van der Waals surface area contributed by atoms with Crippen LogP contribution in [0.3, 0.4) is 0 Å². The molecule has 0 bridgehead atoms. The highest BCUT2D eigenvalue weighted by molar-refractivity contribution is 5.88. The number of carboxylic acids is 1. The van der Waals surface area contributed by atoms with Gasteiger partial charge in [-0.25, -0.2) is 14.8 Å². The third-order valence-corrected chi connectivity index (χ3v) is 3.41. The number of carboxylic acid groups (broad SMARTS) is 1. The first-order valence-corrected chi connectivity index (χ1v) is 7.02. The number of aromatic nitrogens is 2. The molecule has 2 rings (SSSR count). The van der Waals surface area contributed by atoms with Crippen LogP contribution in [0.4, 0.5) is 5.82 Å². The van der Waals surface area contributed by atoms with Gasteiger partial charge in [0, 0.05) is 25.2 Å². The molecule has 0 unspecified atom stereocenters. The maximum atomic E-state index is 11.1. The van der Waals surface area contributed by atoms with Crippen molar-refractivity contribution in [3.8, 4) is 0 Å². The zero-order chi connectivity index (χ0) is 15.1. The van der Waals surface area contributed by atoms with Crippen LogP contribution in [0.5, 0.6) is 0 Å². The first-order chi connectivity index (χ1) is 10.2. The Morgan fingerprint density at radius 3 is 2.90 bits per heavy atom. The third kappa shape index (κ3) is 4.62. The molecule has 8 nitrogen and oxygen atoms in total. The van der Waals surface area contributed by atoms with Gasteiger partial charge in [-0.1, -0.05) is 0 Å². The van der Waals surface area contributed by atoms with Crippen LogP contribution >= 0.6 is 0 Å². The van der Waals surface area contributed by atoms with E-state index in [2.05, 4.69) is 20.2 Å². The Kier molecular flexibility index (Phi) is 5.85. The Morgan fingerprint density at radius 2 is 2.19 bits per heavy atom. The normalized spacial score (nSPS) is 16.0. The standard InChI is InChI=1S/C13H21N5O3/c14-12-10(11(13(19)20)16-9-17-12)8-15-2-1-3-18-4-6-21-7-5-18/h9,15H,1-8H2,(H,19,20)(H2,14,16,17). The van der Waals surface area contributed by atoms with Gasteiger partial charge >= 0.3 is 5.97 Å². The summed E-state index contributed by atoms with van der Waals surface area (Å²) in [6.07, 6.45) is 2.15. The van der Waals surface area contributed by atoms with Crippen LogP contribution in [0.2, 0.25) is 0 Å². The molecule has 4 N–H and O–H groups in total. The summed E-state index contributed by atoms with van der Waals surface area (Å²) in [4.78, 5) is 21.0. The number of aromatic carboxylic acids is 1. The van der Waals surface area contributed by atoms with Gasteiger partial charge in [0.05, 0.1) is 13.2 Å². The molecule has 1 fully saturated rings. The summed E-state index contributed by atoms with van der Waals surface area (Å²) in [6.45, 7) is 5.69. The van der Waals surface area contributed by atoms with Gasteiger partial charge in [-0.05, 0) is 19.5 Å². The van der Waals surface area contributed by atoms with Crippen LogP contribution < -0.4 is 11.1 Å². The summed E-state index contributed by atoms with van der Waals surface area (Å²) >= 11 is 0. The van der Waals surface area contributed by atoms with Crippen molar-refractivity contribution in [2.75, 3.05) is 45.1 Å². The van der Waals surface area contributed by atoms with Crippen molar-refractivity contribution in [2.45, 2.75) is 13.0 Å². The zero-order valence-corrected chi connectivity index (χ0v) is 11.9. The van der Waals surface area contributed by atoms with Crippen molar-refractivity contribution in [1.82, 2.24) is 20.2 Å². The Hall–Kier alpha value is -1.77. The van der Waals surface area contributed by atoms with Gasteiger partial charge in [0.2, 0.25) is 0 Å². The molecule has 2 heterocycles. The van der Waals surface area contributed by atoms with Gasteiger partial charge in [0.25, 0.3) is 0 Å². The van der Waals surface area contributed by atoms with Crippen molar-refractivity contribution in [3.05, 3.63) is 17.6 Å². The molecule has 0 atom stereocenters. The van der Waals surface area contributed by atoms with E-state index < -0.39 is 5.97 Å². The number of hydrogen-bond donors (Lipinski definition) is 3. The van der Waals surface area contributed by atoms with E-state index >= 15 is 0 Å². The molecule has 0 spiro atoms. The second-order valence-electron chi connectivity index (χ2n) is 4.88. The number of hydrogen-bond acceptors (Lipinski definition) is 7. The number of ether oxygens (including phenoxy) is 1. The Bertz CT molecular complexity index is 477. The van der Waals surface area contributed by atoms with E-state index in [1.807, 2.05) is 0 Å². The fraction of sp³-hybridized carbons (Fsp3) is 0.615. The minimum Gasteiger partial charge on any atom is -0.476 e. The summed E-state index contributed by atoms with van der Waals surface area (Å²) in [5.41, 5.74) is 6.12. The smallest absolute Gasteiger partial charge is 0.355 e. The molecule has 1 saturated heterocycles. The van der Waals surface area contributed by atoms with Crippen LogP contribution in [-0.4, -0.2) is 65.3 Å². The van der Waals surface area contributed by atoms with Crippen LogP contribution in [0.15, 0.2) is 6.33 Å². The molecule has 0 amide bonds. The number of nitrogens with zero attached hydrogens (tertiary/aromatic N) is 3. The van der Waals surface area contributed by atoms with Crippen LogP contribution in [0.25, 0.3) is 0 Å². The molecule has 21 heavy (non-hydrogen) atoms. The predicted octanol–water partition coefficient (Wildman–Crippen LogP) is -0.431. The first-order valence-electron chi connectivity index (χ1n) is 7.02. The van der Waals surface area contributed by atoms with Gasteiger partial charge in [-0.2, -0.15) is 0 Å². The monoisotopic (exact) mass is 295 g/mol. The van der Waals surface area contributed by atoms with E-state index in [1.165, 1.54) is 6.33 Å². The largest absolute Gasteiger partial charge is 0.476 e. The molecule has 0 saturated carbocycles. The zero-order valence-electron chi connectivity index (χ0n) is 11.9. The number of nitrogens with one attached hydrogen (secondary N) is 1. The lowest BCUT2D eigenvalue weighted by atomic mass is 10.2. The third-order valence-electron chi connectivity index (χ3n) is 3.41.